The van der Waals surface area contributed by atoms with Crippen LogP contribution in [0.5, 0.6) is 0 Å². The van der Waals surface area contributed by atoms with Gasteiger partial charge in [0.15, 0.2) is 0 Å². The van der Waals surface area contributed by atoms with E-state index in [-0.39, 0.29) is 0 Å². The lowest BCUT2D eigenvalue weighted by Gasteiger charge is -2.27. The lowest BCUT2D eigenvalue weighted by Crippen LogP contribution is -2.03. The minimum atomic E-state index is 0.610. The first-order valence-corrected chi connectivity index (χ1v) is 30.3. The Morgan fingerprint density at radius 1 is 0.310 bits per heavy atom. The molecule has 0 saturated carbocycles. The Bertz CT molecular complexity index is 5360. The zero-order valence-electron chi connectivity index (χ0n) is 47.4. The van der Waals surface area contributed by atoms with Crippen molar-refractivity contribution in [3.05, 3.63) is 258 Å². The molecule has 4 nitrogen and oxygen atoms in total. The van der Waals surface area contributed by atoms with Crippen molar-refractivity contribution in [1.82, 2.24) is 14.1 Å². The maximum Gasteiger partial charge on any atom is 0.100 e. The van der Waals surface area contributed by atoms with Crippen molar-refractivity contribution in [3.63, 3.8) is 0 Å². The van der Waals surface area contributed by atoms with Crippen molar-refractivity contribution in [1.29, 1.82) is 5.26 Å². The maximum atomic E-state index is 12.4. The number of nitrogens with zero attached hydrogens (tertiary/aromatic N) is 4. The fraction of sp³-hybridized carbons (Fsp3) is 0.0769. The highest BCUT2D eigenvalue weighted by molar-refractivity contribution is 7.26. The second kappa shape index (κ2) is 19.1. The maximum absolute atomic E-state index is 12.4. The van der Waals surface area contributed by atoms with Crippen molar-refractivity contribution < 1.29 is 0 Å². The van der Waals surface area contributed by atoms with Crippen LogP contribution < -0.4 is 0 Å². The number of aryl methyl sites for hydroxylation is 6. The first-order valence-electron chi connectivity index (χ1n) is 28.7. The molecular weight excluding hydrogens is 1060 g/mol. The largest absolute Gasteiger partial charge is 0.309 e. The third-order valence-electron chi connectivity index (χ3n) is 17.3. The van der Waals surface area contributed by atoms with Crippen LogP contribution in [0.3, 0.4) is 0 Å². The van der Waals surface area contributed by atoms with Crippen LogP contribution in [-0.2, 0) is 0 Å². The monoisotopic (exact) mass is 1110 g/mol. The Morgan fingerprint density at radius 2 is 0.655 bits per heavy atom. The van der Waals surface area contributed by atoms with Crippen molar-refractivity contribution >= 4 is 107 Å². The van der Waals surface area contributed by atoms with Gasteiger partial charge < -0.3 is 9.13 Å². The Balaban J connectivity index is 1.04. The zero-order valence-corrected chi connectivity index (χ0v) is 49.0. The molecular formula is C78H54N4S2. The van der Waals surface area contributed by atoms with Gasteiger partial charge in [-0.2, -0.15) is 5.26 Å². The summed E-state index contributed by atoms with van der Waals surface area (Å²) >= 11 is 3.66. The second-order valence-electron chi connectivity index (χ2n) is 23.0. The molecule has 0 bridgehead atoms. The molecule has 6 heteroatoms. The molecule has 0 saturated heterocycles. The number of thiophene rings is 2. The predicted octanol–water partition coefficient (Wildman–Crippen LogP) is 22.1. The molecule has 0 amide bonds. The minimum absolute atomic E-state index is 0.610. The molecule has 0 aliphatic rings. The van der Waals surface area contributed by atoms with Gasteiger partial charge in [0, 0.05) is 95.8 Å². The van der Waals surface area contributed by atoms with Gasteiger partial charge in [-0.25, -0.2) is 0 Å². The molecule has 84 heavy (non-hydrogen) atoms. The van der Waals surface area contributed by atoms with E-state index in [0.717, 1.165) is 89.4 Å². The van der Waals surface area contributed by atoms with E-state index < -0.39 is 0 Å². The lowest BCUT2D eigenvalue weighted by atomic mass is 9.75. The third kappa shape index (κ3) is 7.80. The van der Waals surface area contributed by atoms with Crippen molar-refractivity contribution in [2.75, 3.05) is 0 Å². The lowest BCUT2D eigenvalue weighted by molar-refractivity contribution is 1.12. The summed E-state index contributed by atoms with van der Waals surface area (Å²) < 4.78 is 9.75. The number of nitriles is 1. The van der Waals surface area contributed by atoms with Gasteiger partial charge >= 0.3 is 0 Å². The molecule has 0 aliphatic carbocycles. The molecule has 0 N–H and O–H groups in total. The van der Waals surface area contributed by atoms with Crippen molar-refractivity contribution in [3.8, 4) is 73.1 Å². The number of benzene rings is 11. The van der Waals surface area contributed by atoms with E-state index in [1.807, 2.05) is 22.7 Å². The number of hydrogen-bond donors (Lipinski definition) is 0. The molecule has 0 spiro atoms. The van der Waals surface area contributed by atoms with Crippen LogP contribution in [0, 0.1) is 52.9 Å². The van der Waals surface area contributed by atoms with Gasteiger partial charge in [-0.1, -0.05) is 119 Å². The van der Waals surface area contributed by atoms with E-state index in [4.69, 9.17) is 4.98 Å². The van der Waals surface area contributed by atoms with Gasteiger partial charge in [0.05, 0.1) is 27.6 Å². The molecule has 0 radical (unpaired) electrons. The summed E-state index contributed by atoms with van der Waals surface area (Å²) in [5.74, 6) is 0. The third-order valence-corrected chi connectivity index (χ3v) is 19.6. The van der Waals surface area contributed by atoms with E-state index in [1.165, 1.54) is 95.2 Å². The minimum Gasteiger partial charge on any atom is -0.309 e. The molecule has 16 rings (SSSR count). The van der Waals surface area contributed by atoms with Crippen LogP contribution in [0.15, 0.2) is 218 Å². The highest BCUT2D eigenvalue weighted by Crippen LogP contribution is 2.55. The molecule has 0 unspecified atom stereocenters. The molecule has 398 valence electrons. The molecule has 5 heterocycles. The van der Waals surface area contributed by atoms with Gasteiger partial charge in [-0.3, -0.25) is 4.98 Å². The summed E-state index contributed by atoms with van der Waals surface area (Å²) in [4.78, 5) is 4.95. The van der Waals surface area contributed by atoms with E-state index in [2.05, 4.69) is 275 Å². The summed E-state index contributed by atoms with van der Waals surface area (Å²) in [6, 6.07) is 84.2. The summed E-state index contributed by atoms with van der Waals surface area (Å²) in [7, 11) is 0. The first kappa shape index (κ1) is 49.9. The van der Waals surface area contributed by atoms with Crippen LogP contribution in [-0.4, -0.2) is 14.1 Å². The Kier molecular flexibility index (Phi) is 11.3. The SMILES string of the molecule is Cc1ccc2c(c1)c1cc(C)ccc1n2-c1ccc(-c2c(C#N)c(-c3cc(C)nc(C)c3)c(-c3ccc(-n4c5ccc(C)cc5c5cc(C)ccc54)cc3)c(-c3ccc4sc5ccccc5c4c3)c2-c2ccc3sc4ccccc4c3c2)cc1. The average Bonchev–Trinajstić information content (AvgIpc) is 3.10. The molecule has 16 aromatic rings. The van der Waals surface area contributed by atoms with Gasteiger partial charge in [0.2, 0.25) is 0 Å². The quantitative estimate of drug-likeness (QED) is 0.160. The number of aromatic nitrogens is 3. The standard InChI is InChI=1S/C78H54N4S2/c1-44-15-29-66-59(35-44)60-36-45(2)16-30-67(60)81(66)55-25-19-50(20-26-55)74-65(43-79)75(54-39-48(5)80-49(6)40-54)76(51-21-27-56(28-22-51)82-68-31-17-46(3)37-61(68)62-38-47(4)18-32-69(62)82)78(53-24-34-73-64(42-53)58-12-8-10-14-71(58)84-73)77(74)52-23-33-72-63(41-52)57-11-7-9-13-70(57)83-72/h7-42H,1-6H3. The molecule has 0 atom stereocenters. The van der Waals surface area contributed by atoms with Crippen LogP contribution in [0.2, 0.25) is 0 Å². The Hall–Kier alpha value is -9.90. The van der Waals surface area contributed by atoms with Crippen LogP contribution in [0.25, 0.3) is 151 Å². The molecule has 0 aliphatic heterocycles. The smallest absolute Gasteiger partial charge is 0.100 e. The topological polar surface area (TPSA) is 46.5 Å². The number of pyridine rings is 1. The molecule has 11 aromatic carbocycles. The fourth-order valence-corrected chi connectivity index (χ4v) is 15.8. The normalized spacial score (nSPS) is 11.9. The number of rotatable bonds is 7. The molecule has 5 aromatic heterocycles. The number of fused-ring (bicyclic) bond motifs is 12. The van der Waals surface area contributed by atoms with Gasteiger partial charge in [-0.05, 0) is 207 Å². The van der Waals surface area contributed by atoms with Crippen LogP contribution in [0.4, 0.5) is 0 Å². The summed E-state index contributed by atoms with van der Waals surface area (Å²) in [5.41, 5.74) is 24.0. The van der Waals surface area contributed by atoms with E-state index >= 15 is 0 Å². The summed E-state index contributed by atoms with van der Waals surface area (Å²) in [6.45, 7) is 12.8. The van der Waals surface area contributed by atoms with Gasteiger partial charge in [0.1, 0.15) is 6.07 Å². The fourth-order valence-electron chi connectivity index (χ4n) is 13.7. The predicted molar refractivity (Wildman–Crippen MR) is 359 cm³/mol. The summed E-state index contributed by atoms with van der Waals surface area (Å²) in [6.07, 6.45) is 0. The van der Waals surface area contributed by atoms with Crippen molar-refractivity contribution in [2.45, 2.75) is 41.5 Å². The highest BCUT2D eigenvalue weighted by atomic mass is 32.1. The zero-order chi connectivity index (χ0) is 56.6. The van der Waals surface area contributed by atoms with Crippen molar-refractivity contribution in [2.24, 2.45) is 0 Å². The second-order valence-corrected chi connectivity index (χ2v) is 25.1. The number of hydrogen-bond acceptors (Lipinski definition) is 4. The highest BCUT2D eigenvalue weighted by Gasteiger charge is 2.30. The van der Waals surface area contributed by atoms with Crippen LogP contribution in [0.1, 0.15) is 39.2 Å². The van der Waals surface area contributed by atoms with Gasteiger partial charge in [0.25, 0.3) is 0 Å². The first-order chi connectivity index (χ1) is 41.0. The van der Waals surface area contributed by atoms with Gasteiger partial charge in [-0.15, -0.1) is 22.7 Å². The van der Waals surface area contributed by atoms with Crippen LogP contribution >= 0.6 is 22.7 Å². The average molecular weight is 1110 g/mol. The summed E-state index contributed by atoms with van der Waals surface area (Å²) in [5, 5.41) is 22.2. The Morgan fingerprint density at radius 3 is 1.07 bits per heavy atom. The van der Waals surface area contributed by atoms with E-state index in [1.54, 1.807) is 0 Å². The van der Waals surface area contributed by atoms with E-state index in [0.29, 0.717) is 5.56 Å². The van der Waals surface area contributed by atoms with E-state index in [9.17, 15) is 5.26 Å². The molecule has 0 fully saturated rings. The Labute approximate surface area is 495 Å².